The van der Waals surface area contributed by atoms with Gasteiger partial charge in [-0.3, -0.25) is 0 Å². The highest BCUT2D eigenvalue weighted by Crippen LogP contribution is 2.03. The lowest BCUT2D eigenvalue weighted by Gasteiger charge is -2.15. The molecule has 3 heteroatoms. The highest BCUT2D eigenvalue weighted by Gasteiger charge is 2.12. The smallest absolute Gasteiger partial charge is 0.183 e. The molecule has 0 amide bonds. The van der Waals surface area contributed by atoms with Gasteiger partial charge in [-0.25, -0.2) is 0 Å². The van der Waals surface area contributed by atoms with Gasteiger partial charge in [0.25, 0.3) is 0 Å². The Labute approximate surface area is 67.0 Å². The minimum Gasteiger partial charge on any atom is -0.418 e. The van der Waals surface area contributed by atoms with Crippen LogP contribution in [-0.2, 0) is 4.43 Å². The molecule has 0 bridgehead atoms. The quantitative estimate of drug-likeness (QED) is 0.394. The maximum absolute atomic E-state index is 5.58. The van der Waals surface area contributed by atoms with Crippen molar-refractivity contribution < 1.29 is 4.43 Å². The molecule has 0 unspecified atom stereocenters. The molecule has 1 nitrogen and oxygen atoms in total. The van der Waals surface area contributed by atoms with Crippen molar-refractivity contribution in [3.05, 3.63) is 0 Å². The normalized spacial score (nSPS) is 12.0. The standard InChI is InChI=1S/C6H15BrOSi/c1-9(2,3)8-6-4-5-7/h4-6H2,1-3H3. The van der Waals surface area contributed by atoms with E-state index in [1.54, 1.807) is 0 Å². The summed E-state index contributed by atoms with van der Waals surface area (Å²) >= 11 is 3.35. The summed E-state index contributed by atoms with van der Waals surface area (Å²) in [5.74, 6) is 0. The first-order valence-electron chi connectivity index (χ1n) is 3.26. The highest BCUT2D eigenvalue weighted by atomic mass is 79.9. The lowest BCUT2D eigenvalue weighted by Crippen LogP contribution is -2.25. The zero-order valence-corrected chi connectivity index (χ0v) is 8.99. The molecule has 0 aliphatic rings. The average molecular weight is 211 g/mol. The fraction of sp³-hybridized carbons (Fsp3) is 1.00. The maximum Gasteiger partial charge on any atom is 0.183 e. The van der Waals surface area contributed by atoms with Crippen LogP contribution in [0.2, 0.25) is 19.6 Å². The fourth-order valence-corrected chi connectivity index (χ4v) is 1.42. The van der Waals surface area contributed by atoms with Crippen LogP contribution in [0.15, 0.2) is 0 Å². The molecule has 0 aliphatic carbocycles. The van der Waals surface area contributed by atoms with Gasteiger partial charge >= 0.3 is 0 Å². The Kier molecular flexibility index (Phi) is 4.80. The van der Waals surface area contributed by atoms with Crippen LogP contribution in [0.4, 0.5) is 0 Å². The van der Waals surface area contributed by atoms with Gasteiger partial charge < -0.3 is 4.43 Å². The first-order valence-corrected chi connectivity index (χ1v) is 7.79. The van der Waals surface area contributed by atoms with Crippen molar-refractivity contribution in [2.75, 3.05) is 11.9 Å². The van der Waals surface area contributed by atoms with Crippen molar-refractivity contribution in [1.29, 1.82) is 0 Å². The van der Waals surface area contributed by atoms with Crippen LogP contribution in [-0.4, -0.2) is 20.3 Å². The lowest BCUT2D eigenvalue weighted by atomic mass is 10.5. The van der Waals surface area contributed by atoms with Crippen molar-refractivity contribution >= 4 is 24.2 Å². The first kappa shape index (κ1) is 9.66. The third kappa shape index (κ3) is 8.66. The van der Waals surface area contributed by atoms with Gasteiger partial charge in [0.1, 0.15) is 0 Å². The molecule has 0 aliphatic heterocycles. The fourth-order valence-electron chi connectivity index (χ4n) is 0.433. The van der Waals surface area contributed by atoms with Gasteiger partial charge in [0.2, 0.25) is 0 Å². The summed E-state index contributed by atoms with van der Waals surface area (Å²) in [7, 11) is -1.22. The van der Waals surface area contributed by atoms with Gasteiger partial charge in [-0.15, -0.1) is 0 Å². The third-order valence-corrected chi connectivity index (χ3v) is 2.44. The molecule has 0 fully saturated rings. The van der Waals surface area contributed by atoms with Gasteiger partial charge in [-0.2, -0.15) is 0 Å². The molecule has 0 heterocycles. The first-order chi connectivity index (χ1) is 4.06. The topological polar surface area (TPSA) is 9.23 Å². The van der Waals surface area contributed by atoms with Gasteiger partial charge in [-0.05, 0) is 26.1 Å². The van der Waals surface area contributed by atoms with Crippen molar-refractivity contribution in [3.63, 3.8) is 0 Å². The van der Waals surface area contributed by atoms with Crippen LogP contribution in [0.3, 0.4) is 0 Å². The number of hydrogen-bond acceptors (Lipinski definition) is 1. The van der Waals surface area contributed by atoms with E-state index in [0.29, 0.717) is 0 Å². The SMILES string of the molecule is C[Si](C)(C)OCCCBr. The molecule has 0 aromatic heterocycles. The molecule has 0 saturated heterocycles. The summed E-state index contributed by atoms with van der Waals surface area (Å²) < 4.78 is 5.58. The van der Waals surface area contributed by atoms with Crippen LogP contribution in [0.1, 0.15) is 6.42 Å². The summed E-state index contributed by atoms with van der Waals surface area (Å²) in [6, 6.07) is 0. The molecular formula is C6H15BrOSi. The number of halogens is 1. The summed E-state index contributed by atoms with van der Waals surface area (Å²) in [4.78, 5) is 0. The molecule has 9 heavy (non-hydrogen) atoms. The molecule has 0 N–H and O–H groups in total. The van der Waals surface area contributed by atoms with E-state index >= 15 is 0 Å². The Morgan fingerprint density at radius 2 is 1.89 bits per heavy atom. The Morgan fingerprint density at radius 1 is 1.33 bits per heavy atom. The molecule has 0 atom stereocenters. The molecule has 56 valence electrons. The zero-order chi connectivity index (χ0) is 7.33. The lowest BCUT2D eigenvalue weighted by molar-refractivity contribution is 0.313. The number of hydrogen-bond donors (Lipinski definition) is 0. The molecule has 0 radical (unpaired) electrons. The second-order valence-corrected chi connectivity index (χ2v) is 8.31. The summed E-state index contributed by atoms with van der Waals surface area (Å²) in [6.45, 7) is 7.55. The van der Waals surface area contributed by atoms with E-state index in [0.717, 1.165) is 18.4 Å². The molecule has 0 rings (SSSR count). The van der Waals surface area contributed by atoms with Gasteiger partial charge in [0.15, 0.2) is 8.32 Å². The van der Waals surface area contributed by atoms with E-state index in [1.807, 2.05) is 0 Å². The van der Waals surface area contributed by atoms with Gasteiger partial charge in [0.05, 0.1) is 0 Å². The van der Waals surface area contributed by atoms with Crippen molar-refractivity contribution in [2.24, 2.45) is 0 Å². The van der Waals surface area contributed by atoms with Crippen LogP contribution in [0.5, 0.6) is 0 Å². The predicted molar refractivity (Wildman–Crippen MR) is 47.7 cm³/mol. The van der Waals surface area contributed by atoms with Gasteiger partial charge in [0, 0.05) is 11.9 Å². The van der Waals surface area contributed by atoms with Crippen molar-refractivity contribution in [2.45, 2.75) is 26.1 Å². The highest BCUT2D eigenvalue weighted by molar-refractivity contribution is 9.09. The Hall–Kier alpha value is 0.657. The van der Waals surface area contributed by atoms with Crippen molar-refractivity contribution in [1.82, 2.24) is 0 Å². The maximum atomic E-state index is 5.58. The number of alkyl halides is 1. The van der Waals surface area contributed by atoms with E-state index in [4.69, 9.17) is 4.43 Å². The van der Waals surface area contributed by atoms with Crippen LogP contribution < -0.4 is 0 Å². The predicted octanol–water partition coefficient (Wildman–Crippen LogP) is 2.62. The van der Waals surface area contributed by atoms with Crippen molar-refractivity contribution in [3.8, 4) is 0 Å². The Morgan fingerprint density at radius 3 is 2.22 bits per heavy atom. The van der Waals surface area contributed by atoms with E-state index in [2.05, 4.69) is 35.6 Å². The summed E-state index contributed by atoms with van der Waals surface area (Å²) in [6.07, 6.45) is 1.13. The van der Waals surface area contributed by atoms with Crippen LogP contribution in [0.25, 0.3) is 0 Å². The van der Waals surface area contributed by atoms with Crippen LogP contribution >= 0.6 is 15.9 Å². The minimum atomic E-state index is -1.22. The Bertz CT molecular complexity index is 69.9. The summed E-state index contributed by atoms with van der Waals surface area (Å²) in [5.41, 5.74) is 0. The third-order valence-electron chi connectivity index (χ3n) is 0.813. The van der Waals surface area contributed by atoms with Crippen LogP contribution in [0, 0.1) is 0 Å². The van der Waals surface area contributed by atoms with E-state index in [1.165, 1.54) is 0 Å². The minimum absolute atomic E-state index is 0.918. The monoisotopic (exact) mass is 210 g/mol. The zero-order valence-electron chi connectivity index (χ0n) is 6.41. The molecule has 0 saturated carbocycles. The Balaban J connectivity index is 3.07. The average Bonchev–Trinajstić information content (AvgIpc) is 1.63. The van der Waals surface area contributed by atoms with E-state index in [-0.39, 0.29) is 0 Å². The second-order valence-electron chi connectivity index (χ2n) is 3.00. The van der Waals surface area contributed by atoms with E-state index in [9.17, 15) is 0 Å². The summed E-state index contributed by atoms with van der Waals surface area (Å²) in [5, 5.41) is 1.05. The molecule has 0 aromatic rings. The second kappa shape index (κ2) is 4.47. The van der Waals surface area contributed by atoms with Gasteiger partial charge in [-0.1, -0.05) is 15.9 Å². The van der Waals surface area contributed by atoms with E-state index < -0.39 is 8.32 Å². The molecular weight excluding hydrogens is 196 g/mol. The largest absolute Gasteiger partial charge is 0.418 e. The molecule has 0 spiro atoms. The number of rotatable bonds is 4. The molecule has 0 aromatic carbocycles.